The molecule has 3 rings (SSSR count). The molecule has 1 N–H and O–H groups in total. The van der Waals surface area contributed by atoms with Crippen molar-refractivity contribution >= 4 is 17.0 Å². The summed E-state index contributed by atoms with van der Waals surface area (Å²) in [5, 5.41) is 10.9. The fourth-order valence-corrected chi connectivity index (χ4v) is 3.34. The van der Waals surface area contributed by atoms with Gasteiger partial charge in [0.15, 0.2) is 0 Å². The molecule has 1 saturated heterocycles. The maximum atomic E-state index is 11.7. The molecule has 0 bridgehead atoms. The molecular weight excluding hydrogens is 306 g/mol. The molecule has 7 nitrogen and oxygen atoms in total. The molecular formula is C14H15N3O4S. The number of morpholine rings is 1. The lowest BCUT2D eigenvalue weighted by molar-refractivity contribution is -0.384. The quantitative estimate of drug-likeness (QED) is 0.686. The average molecular weight is 321 g/mol. The number of thiazole rings is 1. The Morgan fingerprint density at radius 1 is 1.36 bits per heavy atom. The molecule has 0 aliphatic carbocycles. The van der Waals surface area contributed by atoms with Crippen molar-refractivity contribution in [2.24, 2.45) is 0 Å². The molecule has 0 spiro atoms. The van der Waals surface area contributed by atoms with Gasteiger partial charge in [0.25, 0.3) is 5.69 Å². The predicted molar refractivity (Wildman–Crippen MR) is 83.1 cm³/mol. The standard InChI is InChI=1S/C14H15N3O4S/c18-14-15-13(10-2-1-3-11(8-10)17(19)20)12(22-14)9-16-4-6-21-7-5-16/h1-3,8H,4-7,9H2,(H,15,18). The number of ether oxygens (including phenoxy) is 1. The second-order valence-electron chi connectivity index (χ2n) is 5.01. The van der Waals surface area contributed by atoms with E-state index < -0.39 is 4.92 Å². The van der Waals surface area contributed by atoms with E-state index in [-0.39, 0.29) is 10.6 Å². The lowest BCUT2D eigenvalue weighted by Gasteiger charge is -2.26. The fraction of sp³-hybridized carbons (Fsp3) is 0.357. The Bertz CT molecular complexity index is 734. The summed E-state index contributed by atoms with van der Waals surface area (Å²) in [6.45, 7) is 3.66. The largest absolute Gasteiger partial charge is 0.379 e. The molecule has 1 aliphatic rings. The number of aromatic amines is 1. The van der Waals surface area contributed by atoms with Crippen LogP contribution in [0.2, 0.25) is 0 Å². The summed E-state index contributed by atoms with van der Waals surface area (Å²) in [4.78, 5) is 28.0. The van der Waals surface area contributed by atoms with Gasteiger partial charge in [-0.3, -0.25) is 19.8 Å². The van der Waals surface area contributed by atoms with Crippen molar-refractivity contribution in [1.82, 2.24) is 9.88 Å². The van der Waals surface area contributed by atoms with Crippen LogP contribution < -0.4 is 4.87 Å². The third-order valence-corrected chi connectivity index (χ3v) is 4.41. The highest BCUT2D eigenvalue weighted by Crippen LogP contribution is 2.27. The van der Waals surface area contributed by atoms with E-state index in [9.17, 15) is 14.9 Å². The molecule has 8 heteroatoms. The number of hydrogen-bond donors (Lipinski definition) is 1. The van der Waals surface area contributed by atoms with Crippen molar-refractivity contribution in [3.63, 3.8) is 0 Å². The number of H-pyrrole nitrogens is 1. The first-order valence-corrected chi connectivity index (χ1v) is 7.72. The van der Waals surface area contributed by atoms with Gasteiger partial charge in [0, 0.05) is 42.2 Å². The summed E-state index contributed by atoms with van der Waals surface area (Å²) in [6, 6.07) is 6.33. The van der Waals surface area contributed by atoms with Gasteiger partial charge in [-0.25, -0.2) is 0 Å². The lowest BCUT2D eigenvalue weighted by atomic mass is 10.1. The Hall–Kier alpha value is -2.03. The van der Waals surface area contributed by atoms with Crippen LogP contribution in [0.25, 0.3) is 11.3 Å². The Labute approximate surface area is 130 Å². The maximum Gasteiger partial charge on any atom is 0.305 e. The van der Waals surface area contributed by atoms with Crippen LogP contribution in [-0.4, -0.2) is 41.1 Å². The van der Waals surface area contributed by atoms with Gasteiger partial charge < -0.3 is 9.72 Å². The summed E-state index contributed by atoms with van der Waals surface area (Å²) in [7, 11) is 0. The van der Waals surface area contributed by atoms with Crippen LogP contribution in [0.1, 0.15) is 4.88 Å². The van der Waals surface area contributed by atoms with Crippen LogP contribution in [0.4, 0.5) is 5.69 Å². The SMILES string of the molecule is O=c1[nH]c(-c2cccc([N+](=O)[O-])c2)c(CN2CCOCC2)s1. The van der Waals surface area contributed by atoms with Gasteiger partial charge in [0.2, 0.25) is 0 Å². The number of rotatable bonds is 4. The average Bonchev–Trinajstić information content (AvgIpc) is 2.89. The highest BCUT2D eigenvalue weighted by molar-refractivity contribution is 7.09. The molecule has 0 saturated carbocycles. The zero-order chi connectivity index (χ0) is 15.5. The van der Waals surface area contributed by atoms with Crippen molar-refractivity contribution in [2.75, 3.05) is 26.3 Å². The van der Waals surface area contributed by atoms with E-state index in [4.69, 9.17) is 4.74 Å². The Kier molecular flexibility index (Phi) is 4.32. The third kappa shape index (κ3) is 3.24. The van der Waals surface area contributed by atoms with Crippen LogP contribution in [0, 0.1) is 10.1 Å². The van der Waals surface area contributed by atoms with E-state index >= 15 is 0 Å². The van der Waals surface area contributed by atoms with Crippen molar-refractivity contribution in [1.29, 1.82) is 0 Å². The van der Waals surface area contributed by atoms with Crippen LogP contribution in [0.15, 0.2) is 29.1 Å². The second kappa shape index (κ2) is 6.39. The molecule has 1 aromatic heterocycles. The molecule has 0 radical (unpaired) electrons. The molecule has 1 fully saturated rings. The molecule has 0 amide bonds. The second-order valence-corrected chi connectivity index (χ2v) is 6.08. The van der Waals surface area contributed by atoms with E-state index in [0.29, 0.717) is 31.0 Å². The van der Waals surface area contributed by atoms with Crippen molar-refractivity contribution in [3.05, 3.63) is 48.9 Å². The van der Waals surface area contributed by atoms with Gasteiger partial charge >= 0.3 is 4.87 Å². The number of non-ortho nitro benzene ring substituents is 1. The molecule has 0 unspecified atom stereocenters. The van der Waals surface area contributed by atoms with Gasteiger partial charge in [-0.1, -0.05) is 23.5 Å². The highest BCUT2D eigenvalue weighted by Gasteiger charge is 2.17. The molecule has 1 aliphatic heterocycles. The predicted octanol–water partition coefficient (Wildman–Crippen LogP) is 1.84. The van der Waals surface area contributed by atoms with Crippen molar-refractivity contribution in [3.8, 4) is 11.3 Å². The van der Waals surface area contributed by atoms with Crippen molar-refractivity contribution < 1.29 is 9.66 Å². The molecule has 2 heterocycles. The Morgan fingerprint density at radius 2 is 2.14 bits per heavy atom. The van der Waals surface area contributed by atoms with E-state index in [1.807, 2.05) is 0 Å². The van der Waals surface area contributed by atoms with E-state index in [0.717, 1.165) is 29.3 Å². The third-order valence-electron chi connectivity index (χ3n) is 3.54. The highest BCUT2D eigenvalue weighted by atomic mass is 32.1. The molecule has 0 atom stereocenters. The van der Waals surface area contributed by atoms with Gasteiger partial charge in [0.1, 0.15) is 0 Å². The number of aromatic nitrogens is 1. The Morgan fingerprint density at radius 3 is 2.86 bits per heavy atom. The summed E-state index contributed by atoms with van der Waals surface area (Å²) in [5.74, 6) is 0. The Balaban J connectivity index is 1.91. The van der Waals surface area contributed by atoms with Crippen LogP contribution in [0.3, 0.4) is 0 Å². The minimum atomic E-state index is -0.435. The molecule has 22 heavy (non-hydrogen) atoms. The van der Waals surface area contributed by atoms with Gasteiger partial charge in [-0.2, -0.15) is 0 Å². The van der Waals surface area contributed by atoms with Crippen LogP contribution in [0.5, 0.6) is 0 Å². The summed E-state index contributed by atoms with van der Waals surface area (Å²) in [6.07, 6.45) is 0. The number of hydrogen-bond acceptors (Lipinski definition) is 6. The fourth-order valence-electron chi connectivity index (χ4n) is 2.44. The lowest BCUT2D eigenvalue weighted by Crippen LogP contribution is -2.35. The minimum absolute atomic E-state index is 0.0156. The van der Waals surface area contributed by atoms with Crippen molar-refractivity contribution in [2.45, 2.75) is 6.54 Å². The van der Waals surface area contributed by atoms with Gasteiger partial charge in [0.05, 0.1) is 23.8 Å². The number of nitro benzene ring substituents is 1. The van der Waals surface area contributed by atoms with Gasteiger partial charge in [-0.05, 0) is 0 Å². The summed E-state index contributed by atoms with van der Waals surface area (Å²) >= 11 is 1.15. The smallest absolute Gasteiger partial charge is 0.305 e. The maximum absolute atomic E-state index is 11.7. The zero-order valence-electron chi connectivity index (χ0n) is 11.8. The normalized spacial score (nSPS) is 15.8. The molecule has 116 valence electrons. The van der Waals surface area contributed by atoms with E-state index in [1.165, 1.54) is 12.1 Å². The first-order valence-electron chi connectivity index (χ1n) is 6.90. The first-order chi connectivity index (χ1) is 10.6. The summed E-state index contributed by atoms with van der Waals surface area (Å²) < 4.78 is 5.32. The number of nitrogens with one attached hydrogen (secondary N) is 1. The molecule has 1 aromatic carbocycles. The topological polar surface area (TPSA) is 88.5 Å². The van der Waals surface area contributed by atoms with Crippen LogP contribution in [-0.2, 0) is 11.3 Å². The van der Waals surface area contributed by atoms with E-state index in [2.05, 4.69) is 9.88 Å². The summed E-state index contributed by atoms with van der Waals surface area (Å²) in [5.41, 5.74) is 1.35. The number of nitrogens with zero attached hydrogens (tertiary/aromatic N) is 2. The number of nitro groups is 1. The molecule has 2 aromatic rings. The van der Waals surface area contributed by atoms with Gasteiger partial charge in [-0.15, -0.1) is 0 Å². The zero-order valence-corrected chi connectivity index (χ0v) is 12.6. The monoisotopic (exact) mass is 321 g/mol. The number of benzene rings is 1. The van der Waals surface area contributed by atoms with Crippen LogP contribution >= 0.6 is 11.3 Å². The first kappa shape index (κ1) is 14.9. The minimum Gasteiger partial charge on any atom is -0.379 e. The van der Waals surface area contributed by atoms with E-state index in [1.54, 1.807) is 12.1 Å².